The molecular weight excluding hydrogens is 264 g/mol. The van der Waals surface area contributed by atoms with E-state index in [-0.39, 0.29) is 10.8 Å². The number of fused-ring (bicyclic) bond motifs is 3. The minimum Gasteiger partial charge on any atom is -0.298 e. The van der Waals surface area contributed by atoms with Gasteiger partial charge in [-0.15, -0.1) is 0 Å². The first kappa shape index (κ1) is 12.3. The third-order valence-electron chi connectivity index (χ3n) is 5.12. The Labute approximate surface area is 107 Å². The lowest BCUT2D eigenvalue weighted by Gasteiger charge is -2.56. The van der Waals surface area contributed by atoms with E-state index in [1.807, 2.05) is 4.99 Å². The van der Waals surface area contributed by atoms with E-state index in [4.69, 9.17) is 0 Å². The van der Waals surface area contributed by atoms with Crippen molar-refractivity contribution in [3.8, 4) is 0 Å². The van der Waals surface area contributed by atoms with Crippen LogP contribution >= 0.6 is 15.9 Å². The zero-order valence-corrected chi connectivity index (χ0v) is 12.0. The van der Waals surface area contributed by atoms with Crippen LogP contribution in [0.1, 0.15) is 46.5 Å². The fourth-order valence-corrected chi connectivity index (χ4v) is 4.06. The fourth-order valence-electron chi connectivity index (χ4n) is 3.85. The van der Waals surface area contributed by atoms with Crippen LogP contribution in [0.5, 0.6) is 0 Å². The van der Waals surface area contributed by atoms with Gasteiger partial charge < -0.3 is 0 Å². The molecular formula is C14H21BrO. The second-order valence-corrected chi connectivity index (χ2v) is 6.76. The first-order chi connectivity index (χ1) is 7.43. The average Bonchev–Trinajstić information content (AvgIpc) is 2.24. The summed E-state index contributed by atoms with van der Waals surface area (Å²) in [6.07, 6.45) is 6.76. The molecule has 2 bridgehead atoms. The van der Waals surface area contributed by atoms with E-state index < -0.39 is 0 Å². The Hall–Kier alpha value is -0.110. The molecule has 0 N–H and O–H groups in total. The Bertz CT molecular complexity index is 332. The van der Waals surface area contributed by atoms with Crippen molar-refractivity contribution in [1.29, 1.82) is 0 Å². The van der Waals surface area contributed by atoms with Crippen LogP contribution in [0, 0.1) is 22.7 Å². The molecule has 3 fully saturated rings. The fraction of sp³-hybridized carbons (Fsp3) is 0.786. The molecule has 0 saturated heterocycles. The van der Waals surface area contributed by atoms with Crippen LogP contribution in [0.4, 0.5) is 0 Å². The standard InChI is InChI=1S/C14H21BrO/c1-13(2)10-6-7-14(3,12(13)16)11(9-10)5-4-8-15/h4,8,10-11H,5-7,9H2,1-3H3/b8-4-/t10-,11-,14+/m1/s1. The van der Waals surface area contributed by atoms with Gasteiger partial charge in [0.05, 0.1) is 0 Å². The van der Waals surface area contributed by atoms with Crippen LogP contribution in [0.3, 0.4) is 0 Å². The Kier molecular flexibility index (Phi) is 3.07. The molecule has 0 radical (unpaired) electrons. The maximum Gasteiger partial charge on any atom is 0.144 e. The molecule has 3 saturated carbocycles. The summed E-state index contributed by atoms with van der Waals surface area (Å²) in [5.74, 6) is 1.67. The average molecular weight is 285 g/mol. The van der Waals surface area contributed by atoms with E-state index in [9.17, 15) is 4.79 Å². The van der Waals surface area contributed by atoms with Gasteiger partial charge in [0, 0.05) is 10.8 Å². The Morgan fingerprint density at radius 2 is 2.12 bits per heavy atom. The second kappa shape index (κ2) is 3.97. The van der Waals surface area contributed by atoms with Crippen LogP contribution in [0.25, 0.3) is 0 Å². The molecule has 3 aliphatic rings. The molecule has 3 rings (SSSR count). The van der Waals surface area contributed by atoms with Gasteiger partial charge in [-0.3, -0.25) is 4.79 Å². The number of carbonyl (C=O) groups excluding carboxylic acids is 1. The number of halogens is 1. The number of Topliss-reactive ketones (excluding diaryl/α,β-unsaturated/α-hetero) is 1. The van der Waals surface area contributed by atoms with Gasteiger partial charge in [-0.2, -0.15) is 0 Å². The van der Waals surface area contributed by atoms with E-state index >= 15 is 0 Å². The summed E-state index contributed by atoms with van der Waals surface area (Å²) in [6, 6.07) is 0. The molecule has 90 valence electrons. The summed E-state index contributed by atoms with van der Waals surface area (Å²) in [7, 11) is 0. The molecule has 0 aliphatic heterocycles. The van der Waals surface area contributed by atoms with Gasteiger partial charge in [0.2, 0.25) is 0 Å². The van der Waals surface area contributed by atoms with Crippen molar-refractivity contribution in [3.05, 3.63) is 11.1 Å². The van der Waals surface area contributed by atoms with E-state index in [1.54, 1.807) is 0 Å². The van der Waals surface area contributed by atoms with Gasteiger partial charge in [-0.05, 0) is 42.5 Å². The van der Waals surface area contributed by atoms with Gasteiger partial charge in [0.15, 0.2) is 0 Å². The number of hydrogen-bond acceptors (Lipinski definition) is 1. The van der Waals surface area contributed by atoms with Crippen molar-refractivity contribution < 1.29 is 4.79 Å². The van der Waals surface area contributed by atoms with Gasteiger partial charge in [0.1, 0.15) is 5.78 Å². The molecule has 2 heteroatoms. The number of allylic oxidation sites excluding steroid dienone is 1. The highest BCUT2D eigenvalue weighted by molar-refractivity contribution is 9.11. The van der Waals surface area contributed by atoms with Crippen molar-refractivity contribution in [2.75, 3.05) is 0 Å². The quantitative estimate of drug-likeness (QED) is 0.738. The molecule has 1 nitrogen and oxygen atoms in total. The molecule has 16 heavy (non-hydrogen) atoms. The largest absolute Gasteiger partial charge is 0.298 e. The van der Waals surface area contributed by atoms with Gasteiger partial charge in [0.25, 0.3) is 0 Å². The lowest BCUT2D eigenvalue weighted by Crippen LogP contribution is -2.56. The summed E-state index contributed by atoms with van der Waals surface area (Å²) in [6.45, 7) is 6.49. The van der Waals surface area contributed by atoms with Gasteiger partial charge in [-0.25, -0.2) is 0 Å². The normalized spacial score (nSPS) is 41.9. The summed E-state index contributed by atoms with van der Waals surface area (Å²) in [5.41, 5.74) is -0.146. The first-order valence-corrected chi connectivity index (χ1v) is 7.14. The van der Waals surface area contributed by atoms with Crippen LogP contribution in [-0.2, 0) is 4.79 Å². The monoisotopic (exact) mass is 284 g/mol. The zero-order valence-electron chi connectivity index (χ0n) is 10.4. The third kappa shape index (κ3) is 1.61. The third-order valence-corrected chi connectivity index (χ3v) is 5.49. The molecule has 3 aliphatic carbocycles. The minimum absolute atomic E-state index is 0.0647. The summed E-state index contributed by atoms with van der Waals surface area (Å²) < 4.78 is 0. The highest BCUT2D eigenvalue weighted by Crippen LogP contribution is 2.59. The molecule has 0 aromatic carbocycles. The molecule has 0 amide bonds. The van der Waals surface area contributed by atoms with E-state index in [2.05, 4.69) is 42.8 Å². The number of ketones is 1. The van der Waals surface area contributed by atoms with Crippen LogP contribution in [-0.4, -0.2) is 5.78 Å². The molecule has 0 unspecified atom stereocenters. The molecule has 3 atom stereocenters. The van der Waals surface area contributed by atoms with Crippen molar-refractivity contribution in [2.24, 2.45) is 22.7 Å². The van der Waals surface area contributed by atoms with Crippen molar-refractivity contribution in [2.45, 2.75) is 46.5 Å². The van der Waals surface area contributed by atoms with Crippen LogP contribution in [0.15, 0.2) is 11.1 Å². The topological polar surface area (TPSA) is 17.1 Å². The number of carbonyl (C=O) groups is 1. The van der Waals surface area contributed by atoms with E-state index in [0.717, 1.165) is 12.8 Å². The predicted octanol–water partition coefficient (Wildman–Crippen LogP) is 4.32. The maximum atomic E-state index is 12.6. The smallest absolute Gasteiger partial charge is 0.144 e. The Balaban J connectivity index is 2.27. The maximum absolute atomic E-state index is 12.6. The van der Waals surface area contributed by atoms with E-state index in [1.165, 1.54) is 12.8 Å². The minimum atomic E-state index is -0.0817. The molecule has 0 aromatic rings. The first-order valence-electron chi connectivity index (χ1n) is 6.23. The SMILES string of the molecule is CC1(C)C(=O)[C@@]2(C)CC[C@@H]1C[C@H]2C/C=C\Br. The van der Waals surface area contributed by atoms with Crippen LogP contribution in [0.2, 0.25) is 0 Å². The molecule has 0 aromatic heterocycles. The summed E-state index contributed by atoms with van der Waals surface area (Å²) >= 11 is 3.32. The summed E-state index contributed by atoms with van der Waals surface area (Å²) in [5, 5.41) is 0. The van der Waals surface area contributed by atoms with Crippen molar-refractivity contribution in [3.63, 3.8) is 0 Å². The van der Waals surface area contributed by atoms with Crippen molar-refractivity contribution >= 4 is 21.7 Å². The predicted molar refractivity (Wildman–Crippen MR) is 70.4 cm³/mol. The number of rotatable bonds is 2. The summed E-state index contributed by atoms with van der Waals surface area (Å²) in [4.78, 5) is 14.5. The number of hydrogen-bond donors (Lipinski definition) is 0. The highest BCUT2D eigenvalue weighted by Gasteiger charge is 2.58. The molecule has 0 heterocycles. The zero-order chi connectivity index (χ0) is 12.0. The second-order valence-electron chi connectivity index (χ2n) is 6.23. The molecule has 0 spiro atoms. The highest BCUT2D eigenvalue weighted by atomic mass is 79.9. The lowest BCUT2D eigenvalue weighted by atomic mass is 9.46. The van der Waals surface area contributed by atoms with Gasteiger partial charge in [-0.1, -0.05) is 42.8 Å². The van der Waals surface area contributed by atoms with Crippen LogP contribution < -0.4 is 0 Å². The lowest BCUT2D eigenvalue weighted by molar-refractivity contribution is -0.160. The van der Waals surface area contributed by atoms with Gasteiger partial charge >= 0.3 is 0 Å². The van der Waals surface area contributed by atoms with E-state index in [0.29, 0.717) is 17.6 Å². The van der Waals surface area contributed by atoms with Crippen molar-refractivity contribution in [1.82, 2.24) is 0 Å². The Morgan fingerprint density at radius 3 is 2.75 bits per heavy atom. The Morgan fingerprint density at radius 1 is 1.44 bits per heavy atom.